The zero-order valence-corrected chi connectivity index (χ0v) is 42.0. The SMILES string of the molecule is CC/C=C\C/C=C\C/C=C\C/C=C\C/C=C\CCCC(=O)OC(COC(=O)CCCCCCC\C=C/C=C\C=C/CCCCCCC)COC(=O)CCCCCCC/C=C\CCCCC. The molecule has 0 aliphatic carbocycles. The van der Waals surface area contributed by atoms with Crippen molar-refractivity contribution >= 4 is 17.9 Å². The van der Waals surface area contributed by atoms with Crippen molar-refractivity contribution < 1.29 is 28.6 Å². The fourth-order valence-electron chi connectivity index (χ4n) is 6.83. The van der Waals surface area contributed by atoms with E-state index >= 15 is 0 Å². The highest BCUT2D eigenvalue weighted by Crippen LogP contribution is 2.12. The molecule has 0 heterocycles. The molecular weight excluding hydrogens is 805 g/mol. The Balaban J connectivity index is 4.54. The fraction of sp³-hybridized carbons (Fsp3) is 0.644. The van der Waals surface area contributed by atoms with E-state index in [4.69, 9.17) is 14.2 Å². The van der Waals surface area contributed by atoms with Gasteiger partial charge in [-0.3, -0.25) is 14.4 Å². The molecule has 0 fully saturated rings. The molecule has 0 bridgehead atoms. The third kappa shape index (κ3) is 50.9. The van der Waals surface area contributed by atoms with Crippen LogP contribution in [0.15, 0.2) is 109 Å². The summed E-state index contributed by atoms with van der Waals surface area (Å²) >= 11 is 0. The Morgan fingerprint density at radius 3 is 1.15 bits per heavy atom. The summed E-state index contributed by atoms with van der Waals surface area (Å²) in [6.07, 6.45) is 70.7. The zero-order valence-electron chi connectivity index (χ0n) is 42.0. The van der Waals surface area contributed by atoms with Crippen LogP contribution in [0.25, 0.3) is 0 Å². The molecule has 0 radical (unpaired) electrons. The van der Waals surface area contributed by atoms with Crippen molar-refractivity contribution in [2.24, 2.45) is 0 Å². The Morgan fingerprint density at radius 2 is 0.677 bits per heavy atom. The van der Waals surface area contributed by atoms with E-state index in [1.54, 1.807) is 0 Å². The Bertz CT molecular complexity index is 1360. The molecule has 0 amide bonds. The molecule has 0 N–H and O–H groups in total. The number of esters is 3. The third-order valence-electron chi connectivity index (χ3n) is 10.8. The summed E-state index contributed by atoms with van der Waals surface area (Å²) in [5.74, 6) is -1.01. The van der Waals surface area contributed by atoms with Gasteiger partial charge in [0.1, 0.15) is 13.2 Å². The molecule has 0 saturated heterocycles. The maximum absolute atomic E-state index is 12.8. The summed E-state index contributed by atoms with van der Waals surface area (Å²) in [6, 6.07) is 0. The first kappa shape index (κ1) is 61.1. The molecule has 0 saturated carbocycles. The van der Waals surface area contributed by atoms with Crippen LogP contribution in [0.5, 0.6) is 0 Å². The maximum Gasteiger partial charge on any atom is 0.306 e. The third-order valence-corrected chi connectivity index (χ3v) is 10.8. The molecule has 6 nitrogen and oxygen atoms in total. The number of ether oxygens (including phenoxy) is 3. The molecule has 368 valence electrons. The van der Waals surface area contributed by atoms with Crippen LogP contribution in [0.3, 0.4) is 0 Å². The van der Waals surface area contributed by atoms with Crippen molar-refractivity contribution in [1.29, 1.82) is 0 Å². The second-order valence-electron chi connectivity index (χ2n) is 17.1. The molecule has 1 atom stereocenters. The van der Waals surface area contributed by atoms with E-state index in [-0.39, 0.29) is 37.5 Å². The van der Waals surface area contributed by atoms with Crippen LogP contribution in [-0.2, 0) is 28.6 Å². The van der Waals surface area contributed by atoms with Gasteiger partial charge >= 0.3 is 17.9 Å². The molecule has 0 aromatic carbocycles. The lowest BCUT2D eigenvalue weighted by atomic mass is 10.1. The Hall–Kier alpha value is -3.93. The van der Waals surface area contributed by atoms with Crippen LogP contribution in [0, 0.1) is 0 Å². The van der Waals surface area contributed by atoms with Crippen LogP contribution < -0.4 is 0 Å². The second kappa shape index (κ2) is 52.7. The minimum atomic E-state index is -0.821. The lowest BCUT2D eigenvalue weighted by molar-refractivity contribution is -0.167. The topological polar surface area (TPSA) is 78.9 Å². The van der Waals surface area contributed by atoms with Crippen molar-refractivity contribution in [3.63, 3.8) is 0 Å². The molecule has 0 aliphatic rings. The number of hydrogen-bond donors (Lipinski definition) is 0. The minimum absolute atomic E-state index is 0.114. The minimum Gasteiger partial charge on any atom is -0.462 e. The van der Waals surface area contributed by atoms with Gasteiger partial charge in [0.05, 0.1) is 0 Å². The summed E-state index contributed by atoms with van der Waals surface area (Å²) in [7, 11) is 0. The first-order valence-electron chi connectivity index (χ1n) is 26.4. The van der Waals surface area contributed by atoms with Gasteiger partial charge in [0.2, 0.25) is 0 Å². The van der Waals surface area contributed by atoms with Gasteiger partial charge in [-0.15, -0.1) is 0 Å². The second-order valence-corrected chi connectivity index (χ2v) is 17.1. The maximum atomic E-state index is 12.8. The van der Waals surface area contributed by atoms with E-state index < -0.39 is 6.10 Å². The fourth-order valence-corrected chi connectivity index (χ4v) is 6.83. The highest BCUT2D eigenvalue weighted by atomic mass is 16.6. The predicted octanol–water partition coefficient (Wildman–Crippen LogP) is 17.5. The predicted molar refractivity (Wildman–Crippen MR) is 279 cm³/mol. The van der Waals surface area contributed by atoms with E-state index in [0.717, 1.165) is 116 Å². The zero-order chi connectivity index (χ0) is 47.2. The van der Waals surface area contributed by atoms with Gasteiger partial charge in [0.25, 0.3) is 0 Å². The number of hydrogen-bond acceptors (Lipinski definition) is 6. The Kier molecular flexibility index (Phi) is 49.5. The van der Waals surface area contributed by atoms with E-state index in [1.165, 1.54) is 64.2 Å². The lowest BCUT2D eigenvalue weighted by Crippen LogP contribution is -2.30. The van der Waals surface area contributed by atoms with Crippen molar-refractivity contribution in [2.75, 3.05) is 13.2 Å². The standard InChI is InChI=1S/C59H96O6/c1-4-7-10-13-16-19-22-25-27-29-31-32-34-37-40-43-46-49-52-58(61)64-55-56(54-63-57(60)51-48-45-42-39-36-24-21-18-15-12-9-6-3)65-59(62)53-50-47-44-41-38-35-33-30-28-26-23-20-17-14-11-8-5-2/h8,11,17-18,20-22,25-29,31-33,35,41,44,56H,4-7,9-10,12-16,19,23-24,30,34,36-40,42-43,45-55H2,1-3H3/b11-8-,20-17-,21-18-,25-22-,28-26-,29-27-,32-31-,35-33-,44-41-. The first-order chi connectivity index (χ1) is 32.0. The van der Waals surface area contributed by atoms with Gasteiger partial charge in [-0.25, -0.2) is 0 Å². The Morgan fingerprint density at radius 1 is 0.338 bits per heavy atom. The number of carbonyl (C=O) groups excluding carboxylic acids is 3. The number of allylic oxidation sites excluding steroid dienone is 18. The van der Waals surface area contributed by atoms with Crippen LogP contribution in [0.1, 0.15) is 226 Å². The normalized spacial score (nSPS) is 13.0. The average molecular weight is 901 g/mol. The van der Waals surface area contributed by atoms with Crippen LogP contribution in [0.2, 0.25) is 0 Å². The molecule has 1 unspecified atom stereocenters. The van der Waals surface area contributed by atoms with Gasteiger partial charge in [0.15, 0.2) is 6.10 Å². The van der Waals surface area contributed by atoms with Crippen molar-refractivity contribution in [3.8, 4) is 0 Å². The highest BCUT2D eigenvalue weighted by Gasteiger charge is 2.19. The van der Waals surface area contributed by atoms with Gasteiger partial charge in [-0.2, -0.15) is 0 Å². The largest absolute Gasteiger partial charge is 0.462 e. The summed E-state index contributed by atoms with van der Waals surface area (Å²) in [5, 5.41) is 0. The average Bonchev–Trinajstić information content (AvgIpc) is 3.30. The van der Waals surface area contributed by atoms with Crippen LogP contribution in [0.4, 0.5) is 0 Å². The number of carbonyl (C=O) groups is 3. The first-order valence-corrected chi connectivity index (χ1v) is 26.4. The van der Waals surface area contributed by atoms with E-state index in [1.807, 2.05) is 0 Å². The van der Waals surface area contributed by atoms with E-state index in [2.05, 4.69) is 130 Å². The van der Waals surface area contributed by atoms with E-state index in [9.17, 15) is 14.4 Å². The van der Waals surface area contributed by atoms with Gasteiger partial charge < -0.3 is 14.2 Å². The quantitative estimate of drug-likeness (QED) is 0.0199. The van der Waals surface area contributed by atoms with Gasteiger partial charge in [-0.05, 0) is 109 Å². The summed E-state index contributed by atoms with van der Waals surface area (Å²) in [6.45, 7) is 6.40. The lowest BCUT2D eigenvalue weighted by Gasteiger charge is -2.18. The van der Waals surface area contributed by atoms with Gasteiger partial charge in [-0.1, -0.05) is 207 Å². The summed E-state index contributed by atoms with van der Waals surface area (Å²) < 4.78 is 16.7. The van der Waals surface area contributed by atoms with Crippen molar-refractivity contribution in [1.82, 2.24) is 0 Å². The molecular formula is C59H96O6. The van der Waals surface area contributed by atoms with Crippen LogP contribution >= 0.6 is 0 Å². The van der Waals surface area contributed by atoms with Crippen LogP contribution in [-0.4, -0.2) is 37.2 Å². The molecule has 0 aromatic heterocycles. The molecule has 0 rings (SSSR count). The van der Waals surface area contributed by atoms with Crippen molar-refractivity contribution in [2.45, 2.75) is 232 Å². The molecule has 0 aromatic rings. The van der Waals surface area contributed by atoms with E-state index in [0.29, 0.717) is 19.3 Å². The van der Waals surface area contributed by atoms with Gasteiger partial charge in [0, 0.05) is 19.3 Å². The monoisotopic (exact) mass is 901 g/mol. The molecule has 0 spiro atoms. The summed E-state index contributed by atoms with van der Waals surface area (Å²) in [4.78, 5) is 38.0. The molecule has 0 aliphatic heterocycles. The molecule has 6 heteroatoms. The van der Waals surface area contributed by atoms with Crippen molar-refractivity contribution in [3.05, 3.63) is 109 Å². The summed E-state index contributed by atoms with van der Waals surface area (Å²) in [5.41, 5.74) is 0. The highest BCUT2D eigenvalue weighted by molar-refractivity contribution is 5.71. The molecule has 65 heavy (non-hydrogen) atoms. The number of unbranched alkanes of at least 4 members (excludes halogenated alkanes) is 19. The number of rotatable bonds is 46. The Labute approximate surface area is 400 Å². The smallest absolute Gasteiger partial charge is 0.306 e.